The number of benzene rings is 1. The summed E-state index contributed by atoms with van der Waals surface area (Å²) in [4.78, 5) is 1.92. The van der Waals surface area contributed by atoms with Gasteiger partial charge in [-0.15, -0.1) is 21.5 Å². The van der Waals surface area contributed by atoms with Crippen LogP contribution in [0, 0.1) is 0 Å². The minimum absolute atomic E-state index is 0.674. The normalized spacial score (nSPS) is 11.2. The average Bonchev–Trinajstić information content (AvgIpc) is 3.14. The maximum absolute atomic E-state index is 6.03. The van der Waals surface area contributed by atoms with Gasteiger partial charge < -0.3 is 0 Å². The summed E-state index contributed by atoms with van der Waals surface area (Å²) in [6, 6.07) is 11.6. The van der Waals surface area contributed by atoms with E-state index in [2.05, 4.69) is 21.4 Å². The molecule has 0 radical (unpaired) electrons. The highest BCUT2D eigenvalue weighted by molar-refractivity contribution is 7.23. The zero-order valence-corrected chi connectivity index (χ0v) is 12.4. The van der Waals surface area contributed by atoms with E-state index in [4.69, 9.17) is 11.6 Å². The lowest BCUT2D eigenvalue weighted by Crippen LogP contribution is -1.90. The Morgan fingerprint density at radius 1 is 1.10 bits per heavy atom. The van der Waals surface area contributed by atoms with Crippen molar-refractivity contribution in [2.24, 2.45) is 0 Å². The van der Waals surface area contributed by atoms with Gasteiger partial charge in [-0.25, -0.2) is 0 Å². The summed E-state index contributed by atoms with van der Waals surface area (Å²) >= 11 is 9.22. The van der Waals surface area contributed by atoms with Gasteiger partial charge in [-0.3, -0.25) is 0 Å². The minimum Gasteiger partial charge on any atom is -0.182 e. The fraction of sp³-hybridized carbons (Fsp3) is 0. The molecule has 0 N–H and O–H groups in total. The van der Waals surface area contributed by atoms with Crippen LogP contribution >= 0.6 is 34.3 Å². The van der Waals surface area contributed by atoms with Crippen molar-refractivity contribution in [2.45, 2.75) is 0 Å². The van der Waals surface area contributed by atoms with Crippen LogP contribution in [0.1, 0.15) is 0 Å². The third kappa shape index (κ3) is 1.93. The second-order valence-electron chi connectivity index (χ2n) is 4.11. The molecule has 0 bridgehead atoms. The molecule has 0 saturated heterocycles. The van der Waals surface area contributed by atoms with Crippen molar-refractivity contribution in [1.29, 1.82) is 0 Å². The van der Waals surface area contributed by atoms with E-state index in [1.807, 2.05) is 35.7 Å². The van der Waals surface area contributed by atoms with Gasteiger partial charge in [0.25, 0.3) is 0 Å². The SMILES string of the molecule is Clc1cccc(-c2nnc3sc(-c4cccs4)nn23)c1. The van der Waals surface area contributed by atoms with Gasteiger partial charge in [0.15, 0.2) is 10.8 Å². The quantitative estimate of drug-likeness (QED) is 0.555. The van der Waals surface area contributed by atoms with Crippen molar-refractivity contribution in [3.05, 3.63) is 46.8 Å². The maximum Gasteiger partial charge on any atom is 0.235 e. The molecule has 0 saturated carbocycles. The fourth-order valence-corrected chi connectivity index (χ4v) is 3.75. The molecule has 1 aromatic carbocycles. The molecule has 98 valence electrons. The van der Waals surface area contributed by atoms with Gasteiger partial charge in [-0.05, 0) is 23.6 Å². The highest BCUT2D eigenvalue weighted by atomic mass is 35.5. The van der Waals surface area contributed by atoms with Gasteiger partial charge in [0, 0.05) is 10.6 Å². The summed E-state index contributed by atoms with van der Waals surface area (Å²) in [5, 5.41) is 16.6. The van der Waals surface area contributed by atoms with E-state index in [-0.39, 0.29) is 0 Å². The van der Waals surface area contributed by atoms with E-state index >= 15 is 0 Å². The molecule has 4 rings (SSSR count). The first kappa shape index (κ1) is 12.0. The highest BCUT2D eigenvalue weighted by Crippen LogP contribution is 2.31. The van der Waals surface area contributed by atoms with Gasteiger partial charge in [0.05, 0.1) is 4.88 Å². The summed E-state index contributed by atoms with van der Waals surface area (Å²) in [5.74, 6) is 0.710. The molecular formula is C13H7ClN4S2. The van der Waals surface area contributed by atoms with Crippen LogP contribution in [0.25, 0.3) is 26.2 Å². The van der Waals surface area contributed by atoms with E-state index in [0.29, 0.717) is 10.8 Å². The number of fused-ring (bicyclic) bond motifs is 1. The van der Waals surface area contributed by atoms with Gasteiger partial charge >= 0.3 is 0 Å². The Balaban J connectivity index is 1.89. The van der Waals surface area contributed by atoms with Crippen LogP contribution in [0.15, 0.2) is 41.8 Å². The highest BCUT2D eigenvalue weighted by Gasteiger charge is 2.14. The summed E-state index contributed by atoms with van der Waals surface area (Å²) in [6.07, 6.45) is 0. The third-order valence-corrected chi connectivity index (χ3v) is 4.98. The van der Waals surface area contributed by atoms with Crippen LogP contribution in [0.2, 0.25) is 5.02 Å². The number of rotatable bonds is 2. The standard InChI is InChI=1S/C13H7ClN4S2/c14-9-4-1-3-8(7-9)11-15-16-13-18(11)17-12(20-13)10-5-2-6-19-10/h1-7H. The van der Waals surface area contributed by atoms with E-state index < -0.39 is 0 Å². The Kier molecular flexibility index (Phi) is 2.80. The fourth-order valence-electron chi connectivity index (χ4n) is 1.92. The molecular weight excluding hydrogens is 312 g/mol. The largest absolute Gasteiger partial charge is 0.235 e. The Morgan fingerprint density at radius 3 is 2.85 bits per heavy atom. The van der Waals surface area contributed by atoms with E-state index in [9.17, 15) is 0 Å². The number of hydrogen-bond acceptors (Lipinski definition) is 5. The van der Waals surface area contributed by atoms with Crippen LogP contribution in [0.4, 0.5) is 0 Å². The smallest absolute Gasteiger partial charge is 0.182 e. The van der Waals surface area contributed by atoms with Gasteiger partial charge in [0.2, 0.25) is 4.96 Å². The number of thiophene rings is 1. The molecule has 0 fully saturated rings. The molecule has 7 heteroatoms. The van der Waals surface area contributed by atoms with E-state index in [0.717, 1.165) is 20.4 Å². The molecule has 0 aliphatic carbocycles. The van der Waals surface area contributed by atoms with Gasteiger partial charge in [-0.1, -0.05) is 41.1 Å². The molecule has 0 atom stereocenters. The third-order valence-electron chi connectivity index (χ3n) is 2.81. The molecule has 3 heterocycles. The predicted molar refractivity (Wildman–Crippen MR) is 82.4 cm³/mol. The molecule has 3 aromatic heterocycles. The first-order chi connectivity index (χ1) is 9.81. The van der Waals surface area contributed by atoms with Crippen LogP contribution in [0.3, 0.4) is 0 Å². The summed E-state index contributed by atoms with van der Waals surface area (Å²) in [5.41, 5.74) is 0.910. The van der Waals surface area contributed by atoms with Crippen molar-refractivity contribution in [1.82, 2.24) is 19.8 Å². The van der Waals surface area contributed by atoms with Crippen molar-refractivity contribution in [2.75, 3.05) is 0 Å². The van der Waals surface area contributed by atoms with Crippen LogP contribution in [-0.2, 0) is 0 Å². The molecule has 4 nitrogen and oxygen atoms in total. The molecule has 4 aromatic rings. The monoisotopic (exact) mass is 318 g/mol. The van der Waals surface area contributed by atoms with Crippen LogP contribution < -0.4 is 0 Å². The van der Waals surface area contributed by atoms with E-state index in [1.165, 1.54) is 11.3 Å². The van der Waals surface area contributed by atoms with Gasteiger partial charge in [-0.2, -0.15) is 9.61 Å². The molecule has 0 amide bonds. The second kappa shape index (κ2) is 4.66. The Labute approximate surface area is 127 Å². The van der Waals surface area contributed by atoms with Crippen LogP contribution in [-0.4, -0.2) is 19.8 Å². The Bertz CT molecular complexity index is 879. The summed E-state index contributed by atoms with van der Waals surface area (Å²) < 4.78 is 1.77. The predicted octanol–water partition coefficient (Wildman–Crippen LogP) is 4.23. The zero-order valence-electron chi connectivity index (χ0n) is 10.0. The van der Waals surface area contributed by atoms with Crippen molar-refractivity contribution in [3.63, 3.8) is 0 Å². The summed E-state index contributed by atoms with van der Waals surface area (Å²) in [6.45, 7) is 0. The molecule has 0 aliphatic heterocycles. The zero-order chi connectivity index (χ0) is 13.5. The van der Waals surface area contributed by atoms with Crippen molar-refractivity contribution in [3.8, 4) is 21.3 Å². The minimum atomic E-state index is 0.674. The number of hydrogen-bond donors (Lipinski definition) is 0. The lowest BCUT2D eigenvalue weighted by molar-refractivity contribution is 0.972. The first-order valence-electron chi connectivity index (χ1n) is 5.83. The lowest BCUT2D eigenvalue weighted by Gasteiger charge is -1.97. The molecule has 0 aliphatic rings. The first-order valence-corrected chi connectivity index (χ1v) is 7.91. The average molecular weight is 319 g/mol. The maximum atomic E-state index is 6.03. The van der Waals surface area contributed by atoms with E-state index in [1.54, 1.807) is 15.9 Å². The molecule has 0 spiro atoms. The molecule has 0 unspecified atom stereocenters. The molecule has 20 heavy (non-hydrogen) atoms. The van der Waals surface area contributed by atoms with Gasteiger partial charge in [0.1, 0.15) is 0 Å². The Hall–Kier alpha value is -1.76. The number of halogens is 1. The second-order valence-corrected chi connectivity index (χ2v) is 6.45. The Morgan fingerprint density at radius 2 is 2.05 bits per heavy atom. The van der Waals surface area contributed by atoms with Crippen LogP contribution in [0.5, 0.6) is 0 Å². The van der Waals surface area contributed by atoms with Crippen molar-refractivity contribution < 1.29 is 0 Å². The lowest BCUT2D eigenvalue weighted by atomic mass is 10.2. The number of nitrogens with zero attached hydrogens (tertiary/aromatic N) is 4. The number of aromatic nitrogens is 4. The summed E-state index contributed by atoms with van der Waals surface area (Å²) in [7, 11) is 0. The topological polar surface area (TPSA) is 43.1 Å². The van der Waals surface area contributed by atoms with Crippen molar-refractivity contribution >= 4 is 39.2 Å².